The van der Waals surface area contributed by atoms with E-state index in [2.05, 4.69) is 37.2 Å². The number of amides is 1. The first kappa shape index (κ1) is 17.5. The van der Waals surface area contributed by atoms with Gasteiger partial charge in [-0.1, -0.05) is 0 Å². The molecule has 1 rings (SSSR count). The van der Waals surface area contributed by atoms with Gasteiger partial charge in [0.2, 0.25) is 0 Å². The Morgan fingerprint density at radius 2 is 2.10 bits per heavy atom. The number of halogens is 2. The van der Waals surface area contributed by atoms with Gasteiger partial charge in [0.15, 0.2) is 4.67 Å². The van der Waals surface area contributed by atoms with Crippen LogP contribution < -0.4 is 5.32 Å². The SMILES string of the molecule is CN(CCNCc1cc(Br)c(Br)o1)C(=O)OC(C)(C)C. The average molecular weight is 412 g/mol. The van der Waals surface area contributed by atoms with E-state index in [1.165, 1.54) is 0 Å². The van der Waals surface area contributed by atoms with Crippen molar-refractivity contribution in [3.8, 4) is 0 Å². The van der Waals surface area contributed by atoms with E-state index in [9.17, 15) is 4.79 Å². The zero-order valence-corrected chi connectivity index (χ0v) is 15.3. The van der Waals surface area contributed by atoms with E-state index in [4.69, 9.17) is 9.15 Å². The number of rotatable bonds is 5. The quantitative estimate of drug-likeness (QED) is 0.749. The summed E-state index contributed by atoms with van der Waals surface area (Å²) in [6, 6.07) is 1.90. The molecule has 5 nitrogen and oxygen atoms in total. The molecule has 0 spiro atoms. The van der Waals surface area contributed by atoms with Crippen LogP contribution in [0.25, 0.3) is 0 Å². The summed E-state index contributed by atoms with van der Waals surface area (Å²) in [4.78, 5) is 13.3. The number of furan rings is 1. The molecule has 1 aromatic heterocycles. The van der Waals surface area contributed by atoms with E-state index in [0.717, 1.165) is 10.2 Å². The zero-order chi connectivity index (χ0) is 15.3. The fourth-order valence-corrected chi connectivity index (χ4v) is 2.03. The fraction of sp³-hybridized carbons (Fsp3) is 0.615. The van der Waals surface area contributed by atoms with Gasteiger partial charge in [0.05, 0.1) is 11.0 Å². The maximum absolute atomic E-state index is 11.7. The standard InChI is InChI=1S/C13H20Br2N2O3/c1-13(2,3)20-12(18)17(4)6-5-16-8-9-7-10(14)11(15)19-9/h7,16H,5-6,8H2,1-4H3. The number of carbonyl (C=O) groups is 1. The highest BCUT2D eigenvalue weighted by Gasteiger charge is 2.19. The van der Waals surface area contributed by atoms with Gasteiger partial charge in [-0.2, -0.15) is 0 Å². The Bertz CT molecular complexity index is 435. The highest BCUT2D eigenvalue weighted by molar-refractivity contribution is 9.13. The third-order valence-corrected chi connectivity index (χ3v) is 4.03. The Morgan fingerprint density at radius 1 is 1.45 bits per heavy atom. The zero-order valence-electron chi connectivity index (χ0n) is 12.1. The van der Waals surface area contributed by atoms with Crippen molar-refractivity contribution in [2.75, 3.05) is 20.1 Å². The van der Waals surface area contributed by atoms with Gasteiger partial charge in [-0.05, 0) is 58.7 Å². The molecule has 114 valence electrons. The molecule has 1 heterocycles. The van der Waals surface area contributed by atoms with Crippen LogP contribution in [-0.4, -0.2) is 36.7 Å². The van der Waals surface area contributed by atoms with Crippen molar-refractivity contribution in [3.05, 3.63) is 21.0 Å². The third-order valence-electron chi connectivity index (χ3n) is 2.32. The second-order valence-electron chi connectivity index (χ2n) is 5.41. The lowest BCUT2D eigenvalue weighted by Gasteiger charge is -2.24. The van der Waals surface area contributed by atoms with Crippen LogP contribution in [0.4, 0.5) is 4.79 Å². The molecular formula is C13H20Br2N2O3. The van der Waals surface area contributed by atoms with Gasteiger partial charge in [-0.25, -0.2) is 4.79 Å². The summed E-state index contributed by atoms with van der Waals surface area (Å²) in [6.07, 6.45) is -0.317. The smallest absolute Gasteiger partial charge is 0.410 e. The maximum Gasteiger partial charge on any atom is 0.410 e. The van der Waals surface area contributed by atoms with Gasteiger partial charge in [0.1, 0.15) is 11.4 Å². The molecule has 0 saturated heterocycles. The van der Waals surface area contributed by atoms with Crippen LogP contribution in [-0.2, 0) is 11.3 Å². The fourth-order valence-electron chi connectivity index (χ4n) is 1.37. The molecule has 0 bridgehead atoms. The molecule has 0 aliphatic rings. The van der Waals surface area contributed by atoms with E-state index in [1.807, 2.05) is 26.8 Å². The molecule has 20 heavy (non-hydrogen) atoms. The first-order valence-electron chi connectivity index (χ1n) is 6.27. The van der Waals surface area contributed by atoms with Gasteiger partial charge in [0.25, 0.3) is 0 Å². The minimum absolute atomic E-state index is 0.317. The minimum atomic E-state index is -0.467. The first-order valence-corrected chi connectivity index (χ1v) is 7.86. The predicted octanol–water partition coefficient (Wildman–Crippen LogP) is 3.76. The van der Waals surface area contributed by atoms with Crippen LogP contribution >= 0.6 is 31.9 Å². The van der Waals surface area contributed by atoms with Crippen LogP contribution in [0.15, 0.2) is 19.6 Å². The molecule has 0 aliphatic heterocycles. The largest absolute Gasteiger partial charge is 0.452 e. The van der Waals surface area contributed by atoms with Gasteiger partial charge in [0, 0.05) is 20.1 Å². The van der Waals surface area contributed by atoms with E-state index in [1.54, 1.807) is 11.9 Å². The summed E-state index contributed by atoms with van der Waals surface area (Å²) >= 11 is 6.64. The number of likely N-dealkylation sites (N-methyl/N-ethyl adjacent to an activating group) is 1. The summed E-state index contributed by atoms with van der Waals surface area (Å²) in [5.74, 6) is 0.823. The summed E-state index contributed by atoms with van der Waals surface area (Å²) < 4.78 is 12.3. The normalized spacial score (nSPS) is 11.5. The molecule has 1 N–H and O–H groups in total. The van der Waals surface area contributed by atoms with Crippen molar-refractivity contribution in [2.45, 2.75) is 32.9 Å². The second kappa shape index (κ2) is 7.47. The Morgan fingerprint density at radius 3 is 2.60 bits per heavy atom. The Labute approximate surface area is 136 Å². The van der Waals surface area contributed by atoms with E-state index in [0.29, 0.717) is 24.3 Å². The van der Waals surface area contributed by atoms with Gasteiger partial charge in [-0.15, -0.1) is 0 Å². The summed E-state index contributed by atoms with van der Waals surface area (Å²) in [5, 5.41) is 3.21. The lowest BCUT2D eigenvalue weighted by atomic mass is 10.2. The van der Waals surface area contributed by atoms with E-state index < -0.39 is 5.60 Å². The molecule has 0 unspecified atom stereocenters. The van der Waals surface area contributed by atoms with Gasteiger partial charge in [-0.3, -0.25) is 0 Å². The minimum Gasteiger partial charge on any atom is -0.452 e. The van der Waals surface area contributed by atoms with E-state index >= 15 is 0 Å². The number of nitrogens with one attached hydrogen (secondary N) is 1. The number of hydrogen-bond donors (Lipinski definition) is 1. The Kier molecular flexibility index (Phi) is 6.54. The van der Waals surface area contributed by atoms with Gasteiger partial charge >= 0.3 is 6.09 Å². The van der Waals surface area contributed by atoms with Crippen molar-refractivity contribution >= 4 is 38.0 Å². The number of ether oxygens (including phenoxy) is 1. The van der Waals surface area contributed by atoms with Crippen molar-refractivity contribution in [1.82, 2.24) is 10.2 Å². The average Bonchev–Trinajstić information content (AvgIpc) is 2.62. The lowest BCUT2D eigenvalue weighted by molar-refractivity contribution is 0.0300. The highest BCUT2D eigenvalue weighted by atomic mass is 79.9. The van der Waals surface area contributed by atoms with Crippen LogP contribution in [0.1, 0.15) is 26.5 Å². The molecule has 0 radical (unpaired) electrons. The van der Waals surface area contributed by atoms with Crippen molar-refractivity contribution < 1.29 is 13.9 Å². The predicted molar refractivity (Wildman–Crippen MR) is 84.7 cm³/mol. The molecule has 0 fully saturated rings. The monoisotopic (exact) mass is 410 g/mol. The molecule has 7 heteroatoms. The summed E-state index contributed by atoms with van der Waals surface area (Å²) in [6.45, 7) is 7.38. The van der Waals surface area contributed by atoms with Crippen LogP contribution in [0, 0.1) is 0 Å². The van der Waals surface area contributed by atoms with Gasteiger partial charge < -0.3 is 19.4 Å². The topological polar surface area (TPSA) is 54.7 Å². The molecular weight excluding hydrogens is 392 g/mol. The Balaban J connectivity index is 2.25. The van der Waals surface area contributed by atoms with Crippen LogP contribution in [0.5, 0.6) is 0 Å². The summed E-state index contributed by atoms with van der Waals surface area (Å²) in [5.41, 5.74) is -0.467. The number of carbonyl (C=O) groups excluding carboxylic acids is 1. The van der Waals surface area contributed by atoms with Crippen molar-refractivity contribution in [3.63, 3.8) is 0 Å². The van der Waals surface area contributed by atoms with Crippen LogP contribution in [0.3, 0.4) is 0 Å². The van der Waals surface area contributed by atoms with Crippen molar-refractivity contribution in [1.29, 1.82) is 0 Å². The third kappa shape index (κ3) is 6.28. The summed E-state index contributed by atoms with van der Waals surface area (Å²) in [7, 11) is 1.72. The number of hydrogen-bond acceptors (Lipinski definition) is 4. The molecule has 1 aromatic rings. The van der Waals surface area contributed by atoms with E-state index in [-0.39, 0.29) is 6.09 Å². The second-order valence-corrected chi connectivity index (χ2v) is 6.99. The van der Waals surface area contributed by atoms with Crippen molar-refractivity contribution in [2.24, 2.45) is 0 Å². The number of nitrogens with zero attached hydrogens (tertiary/aromatic N) is 1. The molecule has 0 saturated carbocycles. The Hall–Kier alpha value is -0.530. The molecule has 0 atom stereocenters. The molecule has 1 amide bonds. The lowest BCUT2D eigenvalue weighted by Crippen LogP contribution is -2.37. The molecule has 0 aromatic carbocycles. The highest BCUT2D eigenvalue weighted by Crippen LogP contribution is 2.26. The molecule has 0 aliphatic carbocycles. The van der Waals surface area contributed by atoms with Crippen LogP contribution in [0.2, 0.25) is 0 Å². The first-order chi connectivity index (χ1) is 9.19. The maximum atomic E-state index is 11.7.